The van der Waals surface area contributed by atoms with Gasteiger partial charge in [0.2, 0.25) is 0 Å². The predicted octanol–water partition coefficient (Wildman–Crippen LogP) is 5.01. The first kappa shape index (κ1) is 14.1. The molecule has 0 aromatic heterocycles. The SMILES string of the molecule is C=C(C=C(C)C=CC)OC1CCC(C)(C)CC1. The van der Waals surface area contributed by atoms with E-state index in [0.29, 0.717) is 11.5 Å². The normalized spacial score (nSPS) is 21.8. The Kier molecular flexibility index (Phi) is 5.04. The fourth-order valence-corrected chi connectivity index (χ4v) is 2.30. The molecule has 0 spiro atoms. The molecule has 96 valence electrons. The lowest BCUT2D eigenvalue weighted by Gasteiger charge is -2.34. The number of hydrogen-bond acceptors (Lipinski definition) is 1. The van der Waals surface area contributed by atoms with E-state index in [2.05, 4.69) is 33.4 Å². The second-order valence-corrected chi connectivity index (χ2v) is 5.84. The summed E-state index contributed by atoms with van der Waals surface area (Å²) in [6.07, 6.45) is 11.3. The second-order valence-electron chi connectivity index (χ2n) is 5.84. The molecule has 0 N–H and O–H groups in total. The maximum atomic E-state index is 5.90. The van der Waals surface area contributed by atoms with E-state index < -0.39 is 0 Å². The van der Waals surface area contributed by atoms with Gasteiger partial charge in [-0.15, -0.1) is 0 Å². The number of allylic oxidation sites excluding steroid dienone is 4. The van der Waals surface area contributed by atoms with Gasteiger partial charge in [0.15, 0.2) is 0 Å². The molecule has 0 radical (unpaired) electrons. The Morgan fingerprint density at radius 3 is 2.41 bits per heavy atom. The number of hydrogen-bond donors (Lipinski definition) is 0. The summed E-state index contributed by atoms with van der Waals surface area (Å²) >= 11 is 0. The molecule has 0 aromatic rings. The van der Waals surface area contributed by atoms with Crippen molar-refractivity contribution >= 4 is 0 Å². The summed E-state index contributed by atoms with van der Waals surface area (Å²) in [5, 5.41) is 0. The molecule has 0 atom stereocenters. The van der Waals surface area contributed by atoms with Crippen LogP contribution in [0.4, 0.5) is 0 Å². The fourth-order valence-electron chi connectivity index (χ4n) is 2.30. The first-order chi connectivity index (χ1) is 7.93. The molecule has 0 heterocycles. The van der Waals surface area contributed by atoms with Crippen molar-refractivity contribution in [2.45, 2.75) is 59.5 Å². The van der Waals surface area contributed by atoms with Gasteiger partial charge in [-0.2, -0.15) is 0 Å². The van der Waals surface area contributed by atoms with Crippen LogP contribution >= 0.6 is 0 Å². The van der Waals surface area contributed by atoms with Crippen molar-refractivity contribution in [3.05, 3.63) is 36.1 Å². The van der Waals surface area contributed by atoms with E-state index in [1.807, 2.05) is 19.1 Å². The van der Waals surface area contributed by atoms with Gasteiger partial charge in [-0.05, 0) is 56.6 Å². The Bertz CT molecular complexity index is 310. The van der Waals surface area contributed by atoms with E-state index in [1.165, 1.54) is 18.4 Å². The van der Waals surface area contributed by atoms with Crippen molar-refractivity contribution in [3.8, 4) is 0 Å². The maximum absolute atomic E-state index is 5.90. The third-order valence-corrected chi connectivity index (χ3v) is 3.42. The summed E-state index contributed by atoms with van der Waals surface area (Å²) in [6, 6.07) is 0. The van der Waals surface area contributed by atoms with Crippen molar-refractivity contribution < 1.29 is 4.74 Å². The van der Waals surface area contributed by atoms with Crippen molar-refractivity contribution in [2.24, 2.45) is 5.41 Å². The van der Waals surface area contributed by atoms with E-state index >= 15 is 0 Å². The lowest BCUT2D eigenvalue weighted by molar-refractivity contribution is 0.0533. The van der Waals surface area contributed by atoms with Gasteiger partial charge in [0, 0.05) is 0 Å². The molecule has 0 amide bonds. The average molecular weight is 234 g/mol. The van der Waals surface area contributed by atoms with Gasteiger partial charge >= 0.3 is 0 Å². The molecule has 1 nitrogen and oxygen atoms in total. The molecule has 0 aromatic carbocycles. The molecular weight excluding hydrogens is 208 g/mol. The Balaban J connectivity index is 2.41. The Labute approximate surface area is 106 Å². The summed E-state index contributed by atoms with van der Waals surface area (Å²) in [7, 11) is 0. The topological polar surface area (TPSA) is 9.23 Å². The highest BCUT2D eigenvalue weighted by Crippen LogP contribution is 2.36. The molecule has 1 aliphatic rings. The highest BCUT2D eigenvalue weighted by molar-refractivity contribution is 5.23. The molecule has 0 saturated heterocycles. The van der Waals surface area contributed by atoms with E-state index in [-0.39, 0.29) is 0 Å². The summed E-state index contributed by atoms with van der Waals surface area (Å²) in [5.41, 5.74) is 1.69. The summed E-state index contributed by atoms with van der Waals surface area (Å²) < 4.78 is 5.90. The predicted molar refractivity (Wildman–Crippen MR) is 74.8 cm³/mol. The van der Waals surface area contributed by atoms with E-state index in [0.717, 1.165) is 18.6 Å². The highest BCUT2D eigenvalue weighted by atomic mass is 16.5. The molecule has 17 heavy (non-hydrogen) atoms. The van der Waals surface area contributed by atoms with Crippen LogP contribution in [-0.4, -0.2) is 6.10 Å². The fraction of sp³-hybridized carbons (Fsp3) is 0.625. The molecule has 0 unspecified atom stereocenters. The van der Waals surface area contributed by atoms with Crippen LogP contribution in [0.15, 0.2) is 36.1 Å². The quantitative estimate of drug-likeness (QED) is 0.491. The molecule has 1 aliphatic carbocycles. The highest BCUT2D eigenvalue weighted by Gasteiger charge is 2.27. The first-order valence-electron chi connectivity index (χ1n) is 6.59. The average Bonchev–Trinajstić information content (AvgIpc) is 2.21. The van der Waals surface area contributed by atoms with E-state index in [1.54, 1.807) is 0 Å². The number of ether oxygens (including phenoxy) is 1. The van der Waals surface area contributed by atoms with Crippen molar-refractivity contribution in [1.29, 1.82) is 0 Å². The minimum absolute atomic E-state index is 0.366. The molecule has 0 aliphatic heterocycles. The van der Waals surface area contributed by atoms with Crippen LogP contribution in [0.5, 0.6) is 0 Å². The summed E-state index contributed by atoms with van der Waals surface area (Å²) in [4.78, 5) is 0. The molecule has 1 saturated carbocycles. The minimum atomic E-state index is 0.366. The van der Waals surface area contributed by atoms with Crippen molar-refractivity contribution in [1.82, 2.24) is 0 Å². The molecule has 1 heteroatoms. The van der Waals surface area contributed by atoms with Crippen LogP contribution in [0.3, 0.4) is 0 Å². The molecule has 1 fully saturated rings. The van der Waals surface area contributed by atoms with Crippen molar-refractivity contribution in [3.63, 3.8) is 0 Å². The zero-order valence-corrected chi connectivity index (χ0v) is 11.8. The second kappa shape index (κ2) is 6.09. The first-order valence-corrected chi connectivity index (χ1v) is 6.59. The van der Waals surface area contributed by atoms with Crippen LogP contribution in [0, 0.1) is 5.41 Å². The van der Waals surface area contributed by atoms with Crippen LogP contribution in [0.1, 0.15) is 53.4 Å². The van der Waals surface area contributed by atoms with Crippen molar-refractivity contribution in [2.75, 3.05) is 0 Å². The van der Waals surface area contributed by atoms with Crippen LogP contribution < -0.4 is 0 Å². The smallest absolute Gasteiger partial charge is 0.112 e. The summed E-state index contributed by atoms with van der Waals surface area (Å²) in [6.45, 7) is 12.7. The molecule has 0 bridgehead atoms. The number of rotatable bonds is 4. The van der Waals surface area contributed by atoms with Gasteiger partial charge in [0.1, 0.15) is 5.76 Å². The third kappa shape index (κ3) is 5.25. The standard InChI is InChI=1S/C16H26O/c1-6-7-13(2)12-14(3)17-15-8-10-16(4,5)11-9-15/h6-7,12,15H,3,8-11H2,1-2,4-5H3. The lowest BCUT2D eigenvalue weighted by atomic mass is 9.76. The van der Waals surface area contributed by atoms with Gasteiger partial charge in [-0.1, -0.05) is 32.6 Å². The minimum Gasteiger partial charge on any atom is -0.491 e. The zero-order valence-electron chi connectivity index (χ0n) is 11.8. The zero-order chi connectivity index (χ0) is 12.9. The lowest BCUT2D eigenvalue weighted by Crippen LogP contribution is -2.26. The van der Waals surface area contributed by atoms with Gasteiger partial charge in [0.25, 0.3) is 0 Å². The Morgan fingerprint density at radius 2 is 1.88 bits per heavy atom. The van der Waals surface area contributed by atoms with Crippen LogP contribution in [0.2, 0.25) is 0 Å². The monoisotopic (exact) mass is 234 g/mol. The Morgan fingerprint density at radius 1 is 1.29 bits per heavy atom. The van der Waals surface area contributed by atoms with Crippen LogP contribution in [-0.2, 0) is 4.74 Å². The van der Waals surface area contributed by atoms with Gasteiger partial charge < -0.3 is 4.74 Å². The van der Waals surface area contributed by atoms with E-state index in [4.69, 9.17) is 4.74 Å². The third-order valence-electron chi connectivity index (χ3n) is 3.42. The molecule has 1 rings (SSSR count). The Hall–Kier alpha value is -0.980. The summed E-state index contributed by atoms with van der Waals surface area (Å²) in [5.74, 6) is 0.797. The van der Waals surface area contributed by atoms with Gasteiger partial charge in [-0.3, -0.25) is 0 Å². The van der Waals surface area contributed by atoms with Gasteiger partial charge in [0.05, 0.1) is 6.10 Å². The largest absolute Gasteiger partial charge is 0.491 e. The van der Waals surface area contributed by atoms with E-state index in [9.17, 15) is 0 Å². The van der Waals surface area contributed by atoms with Gasteiger partial charge in [-0.25, -0.2) is 0 Å². The van der Waals surface area contributed by atoms with Crippen LogP contribution in [0.25, 0.3) is 0 Å². The molecular formula is C16H26O. The maximum Gasteiger partial charge on any atom is 0.112 e.